The second-order valence-electron chi connectivity index (χ2n) is 4.18. The minimum Gasteiger partial charge on any atom is -0.370 e. The number of benzene rings is 1. The molecular formula is C13H21FN2. The van der Waals surface area contributed by atoms with Gasteiger partial charge in [-0.2, -0.15) is 0 Å². The molecule has 0 heterocycles. The van der Waals surface area contributed by atoms with E-state index < -0.39 is 0 Å². The van der Waals surface area contributed by atoms with Crippen LogP contribution in [-0.4, -0.2) is 20.1 Å². The molecule has 0 amide bonds. The maximum atomic E-state index is 13.9. The predicted octanol–water partition coefficient (Wildman–Crippen LogP) is 2.78. The Kier molecular flexibility index (Phi) is 4.74. The number of hydrogen-bond acceptors (Lipinski definition) is 2. The standard InChI is InChI=1S/C13H21FN2/c1-5-10(2)16(4)13-7-6-11(9-15-3)8-12(13)14/h6-8,10,15H,5,9H2,1-4H3. The lowest BCUT2D eigenvalue weighted by Gasteiger charge is -2.26. The summed E-state index contributed by atoms with van der Waals surface area (Å²) in [6.45, 7) is 4.90. The highest BCUT2D eigenvalue weighted by atomic mass is 19.1. The van der Waals surface area contributed by atoms with Gasteiger partial charge in [-0.3, -0.25) is 0 Å². The molecule has 1 atom stereocenters. The normalized spacial score (nSPS) is 12.6. The topological polar surface area (TPSA) is 15.3 Å². The smallest absolute Gasteiger partial charge is 0.146 e. The fourth-order valence-electron chi connectivity index (χ4n) is 1.66. The molecule has 0 radical (unpaired) electrons. The van der Waals surface area contributed by atoms with Crippen molar-refractivity contribution in [2.45, 2.75) is 32.9 Å². The van der Waals surface area contributed by atoms with E-state index in [-0.39, 0.29) is 5.82 Å². The van der Waals surface area contributed by atoms with Crippen LogP contribution in [0.3, 0.4) is 0 Å². The van der Waals surface area contributed by atoms with E-state index in [1.54, 1.807) is 6.07 Å². The van der Waals surface area contributed by atoms with Crippen molar-refractivity contribution >= 4 is 5.69 Å². The van der Waals surface area contributed by atoms with E-state index >= 15 is 0 Å². The van der Waals surface area contributed by atoms with Gasteiger partial charge in [0.1, 0.15) is 5.82 Å². The molecule has 16 heavy (non-hydrogen) atoms. The highest BCUT2D eigenvalue weighted by Crippen LogP contribution is 2.22. The van der Waals surface area contributed by atoms with E-state index in [1.165, 1.54) is 0 Å². The second-order valence-corrected chi connectivity index (χ2v) is 4.18. The van der Waals surface area contributed by atoms with Crippen molar-refractivity contribution in [3.63, 3.8) is 0 Å². The summed E-state index contributed by atoms with van der Waals surface area (Å²) in [5.74, 6) is -0.143. The Morgan fingerprint density at radius 3 is 2.62 bits per heavy atom. The highest BCUT2D eigenvalue weighted by Gasteiger charge is 2.12. The lowest BCUT2D eigenvalue weighted by Crippen LogP contribution is -2.28. The van der Waals surface area contributed by atoms with Crippen molar-refractivity contribution < 1.29 is 4.39 Å². The maximum Gasteiger partial charge on any atom is 0.146 e. The molecule has 1 rings (SSSR count). The van der Waals surface area contributed by atoms with Crippen LogP contribution in [0.15, 0.2) is 18.2 Å². The minimum atomic E-state index is -0.143. The van der Waals surface area contributed by atoms with E-state index in [2.05, 4.69) is 19.2 Å². The van der Waals surface area contributed by atoms with Crippen LogP contribution in [-0.2, 0) is 6.54 Å². The first-order chi connectivity index (χ1) is 7.60. The van der Waals surface area contributed by atoms with E-state index in [0.717, 1.165) is 12.0 Å². The van der Waals surface area contributed by atoms with Gasteiger partial charge in [0.2, 0.25) is 0 Å². The lowest BCUT2D eigenvalue weighted by molar-refractivity contribution is 0.597. The molecule has 0 saturated carbocycles. The fraction of sp³-hybridized carbons (Fsp3) is 0.538. The van der Waals surface area contributed by atoms with Crippen LogP contribution in [0.25, 0.3) is 0 Å². The molecule has 0 fully saturated rings. The molecule has 1 aromatic rings. The van der Waals surface area contributed by atoms with E-state index in [9.17, 15) is 4.39 Å². The monoisotopic (exact) mass is 224 g/mol. The molecule has 0 aliphatic heterocycles. The Morgan fingerprint density at radius 2 is 2.12 bits per heavy atom. The Bertz CT molecular complexity index is 339. The molecule has 0 aliphatic rings. The zero-order valence-electron chi connectivity index (χ0n) is 10.5. The molecule has 3 heteroatoms. The van der Waals surface area contributed by atoms with Crippen LogP contribution in [0.2, 0.25) is 0 Å². The highest BCUT2D eigenvalue weighted by molar-refractivity contribution is 5.49. The van der Waals surface area contributed by atoms with Crippen LogP contribution in [0, 0.1) is 5.82 Å². The third-order valence-electron chi connectivity index (χ3n) is 3.02. The molecule has 0 saturated heterocycles. The second kappa shape index (κ2) is 5.85. The summed E-state index contributed by atoms with van der Waals surface area (Å²) in [5, 5.41) is 3.01. The first-order valence-corrected chi connectivity index (χ1v) is 5.76. The Balaban J connectivity index is 2.89. The summed E-state index contributed by atoms with van der Waals surface area (Å²) < 4.78 is 13.9. The van der Waals surface area contributed by atoms with Crippen LogP contribution >= 0.6 is 0 Å². The molecule has 0 spiro atoms. The lowest BCUT2D eigenvalue weighted by atomic mass is 10.1. The third kappa shape index (κ3) is 2.95. The average molecular weight is 224 g/mol. The van der Waals surface area contributed by atoms with Crippen molar-refractivity contribution in [1.29, 1.82) is 0 Å². The molecule has 1 aromatic carbocycles. The van der Waals surface area contributed by atoms with E-state index in [0.29, 0.717) is 18.3 Å². The summed E-state index contributed by atoms with van der Waals surface area (Å²) in [4.78, 5) is 1.98. The van der Waals surface area contributed by atoms with Gasteiger partial charge in [0.05, 0.1) is 5.69 Å². The first-order valence-electron chi connectivity index (χ1n) is 5.76. The van der Waals surface area contributed by atoms with Crippen molar-refractivity contribution in [1.82, 2.24) is 5.32 Å². The largest absolute Gasteiger partial charge is 0.370 e. The molecular weight excluding hydrogens is 203 g/mol. The number of nitrogens with one attached hydrogen (secondary N) is 1. The quantitative estimate of drug-likeness (QED) is 0.827. The molecule has 0 bridgehead atoms. The average Bonchev–Trinajstić information content (AvgIpc) is 2.28. The predicted molar refractivity (Wildman–Crippen MR) is 67.3 cm³/mol. The number of anilines is 1. The van der Waals surface area contributed by atoms with Crippen LogP contribution in [0.4, 0.5) is 10.1 Å². The molecule has 90 valence electrons. The van der Waals surface area contributed by atoms with Crippen LogP contribution < -0.4 is 10.2 Å². The Hall–Kier alpha value is -1.09. The van der Waals surface area contributed by atoms with Gasteiger partial charge < -0.3 is 10.2 Å². The SMILES string of the molecule is CCC(C)N(C)c1ccc(CNC)cc1F. The summed E-state index contributed by atoms with van der Waals surface area (Å²) in [6.07, 6.45) is 1.01. The number of halogens is 1. The zero-order valence-corrected chi connectivity index (χ0v) is 10.5. The third-order valence-corrected chi connectivity index (χ3v) is 3.02. The number of rotatable bonds is 5. The molecule has 2 nitrogen and oxygen atoms in total. The van der Waals surface area contributed by atoms with Crippen molar-refractivity contribution in [3.05, 3.63) is 29.6 Å². The number of nitrogens with zero attached hydrogens (tertiary/aromatic N) is 1. The summed E-state index contributed by atoms with van der Waals surface area (Å²) >= 11 is 0. The summed E-state index contributed by atoms with van der Waals surface area (Å²) in [5.41, 5.74) is 1.65. The van der Waals surface area contributed by atoms with Crippen LogP contribution in [0.1, 0.15) is 25.8 Å². The Labute approximate surface area is 97.5 Å². The maximum absolute atomic E-state index is 13.9. The van der Waals surface area contributed by atoms with Gasteiger partial charge in [0.25, 0.3) is 0 Å². The molecule has 0 aliphatic carbocycles. The Morgan fingerprint density at radius 1 is 1.44 bits per heavy atom. The number of hydrogen-bond donors (Lipinski definition) is 1. The summed E-state index contributed by atoms with van der Waals surface area (Å²) in [6, 6.07) is 5.77. The van der Waals surface area contributed by atoms with Gasteiger partial charge in [-0.25, -0.2) is 4.39 Å². The molecule has 1 unspecified atom stereocenters. The first kappa shape index (κ1) is 13.0. The van der Waals surface area contributed by atoms with Gasteiger partial charge in [-0.1, -0.05) is 13.0 Å². The fourth-order valence-corrected chi connectivity index (χ4v) is 1.66. The minimum absolute atomic E-state index is 0.143. The van der Waals surface area contributed by atoms with Gasteiger partial charge >= 0.3 is 0 Å². The van der Waals surface area contributed by atoms with Crippen molar-refractivity contribution in [2.75, 3.05) is 19.0 Å². The summed E-state index contributed by atoms with van der Waals surface area (Å²) in [7, 11) is 3.79. The molecule has 0 aromatic heterocycles. The van der Waals surface area contributed by atoms with Crippen molar-refractivity contribution in [2.24, 2.45) is 0 Å². The van der Waals surface area contributed by atoms with Gasteiger partial charge in [-0.05, 0) is 38.1 Å². The van der Waals surface area contributed by atoms with Gasteiger partial charge in [-0.15, -0.1) is 0 Å². The van der Waals surface area contributed by atoms with E-state index in [1.807, 2.05) is 31.1 Å². The van der Waals surface area contributed by atoms with Crippen molar-refractivity contribution in [3.8, 4) is 0 Å². The van der Waals surface area contributed by atoms with Crippen LogP contribution in [0.5, 0.6) is 0 Å². The van der Waals surface area contributed by atoms with E-state index in [4.69, 9.17) is 0 Å². The van der Waals surface area contributed by atoms with Gasteiger partial charge in [0, 0.05) is 19.6 Å². The zero-order chi connectivity index (χ0) is 12.1. The van der Waals surface area contributed by atoms with Gasteiger partial charge in [0.15, 0.2) is 0 Å². The molecule has 1 N–H and O–H groups in total.